The zero-order chi connectivity index (χ0) is 26.7. The molecule has 200 valence electrons. The van der Waals surface area contributed by atoms with Crippen molar-refractivity contribution in [2.75, 3.05) is 31.1 Å². The number of fused-ring (bicyclic) bond motifs is 1. The van der Waals surface area contributed by atoms with Crippen molar-refractivity contribution < 1.29 is 19.2 Å². The summed E-state index contributed by atoms with van der Waals surface area (Å²) in [6, 6.07) is 5.65. The minimum absolute atomic E-state index is 0.110. The molecule has 1 unspecified atom stereocenters. The van der Waals surface area contributed by atoms with Crippen molar-refractivity contribution in [1.82, 2.24) is 20.0 Å². The van der Waals surface area contributed by atoms with Crippen LogP contribution in [0.3, 0.4) is 0 Å². The maximum absolute atomic E-state index is 13.2. The van der Waals surface area contributed by atoms with Crippen molar-refractivity contribution in [2.24, 2.45) is 5.73 Å². The molecule has 0 aromatic heterocycles. The van der Waals surface area contributed by atoms with Gasteiger partial charge in [-0.15, -0.1) is 0 Å². The van der Waals surface area contributed by atoms with Crippen LogP contribution in [0.4, 0.5) is 5.69 Å². The van der Waals surface area contributed by atoms with E-state index < -0.39 is 23.8 Å². The SMILES string of the molecule is C[C@@H]1CN(C2CN(c3ccc4c(c3)C(=O)N(C3CCC(=O)NC3=O)C4=O)C2)C[C@H](C)N1C1=CC=C(N)CC1. The van der Waals surface area contributed by atoms with E-state index in [1.807, 2.05) is 12.1 Å². The molecule has 3 N–H and O–H groups in total. The average molecular weight is 519 g/mol. The standard InChI is InChI=1S/C28H34N6O4/c1-16-12-31(13-17(2)33(16)19-5-3-18(29)4-6-19)21-14-32(15-21)20-7-8-22-23(11-20)28(38)34(27(22)37)24-9-10-25(35)30-26(24)36/h3,5,7-8,11,16-17,21,24H,4,6,9-10,12-15,29H2,1-2H3,(H,30,35,36)/t16-,17+,24?. The third-order valence-electron chi connectivity index (χ3n) is 8.61. The predicted molar refractivity (Wildman–Crippen MR) is 141 cm³/mol. The molecule has 10 nitrogen and oxygen atoms in total. The summed E-state index contributed by atoms with van der Waals surface area (Å²) in [4.78, 5) is 58.3. The van der Waals surface area contributed by atoms with Crippen LogP contribution >= 0.6 is 0 Å². The molecule has 38 heavy (non-hydrogen) atoms. The van der Waals surface area contributed by atoms with E-state index in [0.29, 0.717) is 29.3 Å². The number of imide groups is 2. The largest absolute Gasteiger partial charge is 0.402 e. The molecule has 1 aliphatic carbocycles. The summed E-state index contributed by atoms with van der Waals surface area (Å²) in [7, 11) is 0. The normalized spacial score (nSPS) is 28.7. The van der Waals surface area contributed by atoms with E-state index >= 15 is 0 Å². The Balaban J connectivity index is 1.10. The number of anilines is 1. The Hall–Kier alpha value is -3.66. The van der Waals surface area contributed by atoms with Crippen LogP contribution in [0.2, 0.25) is 0 Å². The van der Waals surface area contributed by atoms with Crippen LogP contribution < -0.4 is 16.0 Å². The molecular formula is C28H34N6O4. The van der Waals surface area contributed by atoms with Gasteiger partial charge in [0.1, 0.15) is 6.04 Å². The number of benzene rings is 1. The molecule has 6 rings (SSSR count). The molecule has 0 radical (unpaired) electrons. The lowest BCUT2D eigenvalue weighted by Crippen LogP contribution is -2.66. The molecule has 0 saturated carbocycles. The molecular weight excluding hydrogens is 484 g/mol. The van der Waals surface area contributed by atoms with E-state index in [4.69, 9.17) is 5.73 Å². The van der Waals surface area contributed by atoms with Crippen molar-refractivity contribution in [3.8, 4) is 0 Å². The van der Waals surface area contributed by atoms with Gasteiger partial charge in [0.05, 0.1) is 11.1 Å². The van der Waals surface area contributed by atoms with E-state index in [-0.39, 0.29) is 18.7 Å². The van der Waals surface area contributed by atoms with Crippen LogP contribution in [0.25, 0.3) is 0 Å². The van der Waals surface area contributed by atoms with Crippen LogP contribution in [0.1, 0.15) is 60.2 Å². The minimum Gasteiger partial charge on any atom is -0.402 e. The lowest BCUT2D eigenvalue weighted by atomic mass is 9.97. The molecule has 0 spiro atoms. The van der Waals surface area contributed by atoms with Gasteiger partial charge in [0.2, 0.25) is 11.8 Å². The first-order chi connectivity index (χ1) is 18.2. The molecule has 0 bridgehead atoms. The zero-order valence-corrected chi connectivity index (χ0v) is 21.9. The first kappa shape index (κ1) is 24.7. The third-order valence-corrected chi connectivity index (χ3v) is 8.61. The van der Waals surface area contributed by atoms with Crippen LogP contribution in [-0.2, 0) is 9.59 Å². The van der Waals surface area contributed by atoms with Gasteiger partial charge in [-0.2, -0.15) is 0 Å². The number of carbonyl (C=O) groups excluding carboxylic acids is 4. The summed E-state index contributed by atoms with van der Waals surface area (Å²) >= 11 is 0. The Bertz CT molecular complexity index is 1270. The number of hydrogen-bond acceptors (Lipinski definition) is 8. The average Bonchev–Trinajstić information content (AvgIpc) is 3.09. The van der Waals surface area contributed by atoms with Crippen LogP contribution in [0, 0.1) is 0 Å². The fourth-order valence-electron chi connectivity index (χ4n) is 6.64. The number of rotatable bonds is 4. The van der Waals surface area contributed by atoms with E-state index in [9.17, 15) is 19.2 Å². The smallest absolute Gasteiger partial charge is 0.262 e. The summed E-state index contributed by atoms with van der Waals surface area (Å²) in [5, 5.41) is 2.24. The number of allylic oxidation sites excluding steroid dienone is 4. The van der Waals surface area contributed by atoms with Crippen molar-refractivity contribution >= 4 is 29.3 Å². The van der Waals surface area contributed by atoms with Gasteiger partial charge in [-0.25, -0.2) is 0 Å². The summed E-state index contributed by atoms with van der Waals surface area (Å²) in [6.07, 6.45) is 6.39. The molecule has 1 aromatic carbocycles. The van der Waals surface area contributed by atoms with Gasteiger partial charge in [-0.3, -0.25) is 34.3 Å². The van der Waals surface area contributed by atoms with E-state index in [1.165, 1.54) is 5.70 Å². The molecule has 4 aliphatic heterocycles. The number of piperidine rings is 1. The van der Waals surface area contributed by atoms with Crippen LogP contribution in [0.5, 0.6) is 0 Å². The van der Waals surface area contributed by atoms with Gasteiger partial charge in [0.25, 0.3) is 11.8 Å². The number of hydrogen-bond donors (Lipinski definition) is 2. The topological polar surface area (TPSA) is 119 Å². The van der Waals surface area contributed by atoms with E-state index in [2.05, 4.69) is 39.9 Å². The second-order valence-electron chi connectivity index (χ2n) is 11.2. The van der Waals surface area contributed by atoms with Gasteiger partial charge in [0.15, 0.2) is 0 Å². The number of piperazine rings is 1. The maximum atomic E-state index is 13.2. The molecule has 4 amide bonds. The molecule has 3 saturated heterocycles. The first-order valence-electron chi connectivity index (χ1n) is 13.5. The molecule has 5 aliphatic rings. The van der Waals surface area contributed by atoms with Gasteiger partial charge in [0, 0.05) is 67.8 Å². The summed E-state index contributed by atoms with van der Waals surface area (Å²) in [6.45, 7) is 8.30. The Morgan fingerprint density at radius 3 is 2.24 bits per heavy atom. The number of nitrogens with one attached hydrogen (secondary N) is 1. The number of nitrogens with two attached hydrogens (primary N) is 1. The molecule has 3 atom stereocenters. The van der Waals surface area contributed by atoms with E-state index in [1.54, 1.807) is 12.1 Å². The molecule has 1 aromatic rings. The number of amides is 4. The van der Waals surface area contributed by atoms with Gasteiger partial charge in [-0.05, 0) is 63.5 Å². The number of nitrogens with zero attached hydrogens (tertiary/aromatic N) is 4. The highest BCUT2D eigenvalue weighted by Crippen LogP contribution is 2.34. The van der Waals surface area contributed by atoms with Crippen LogP contribution in [-0.4, -0.2) is 88.7 Å². The van der Waals surface area contributed by atoms with Crippen molar-refractivity contribution in [3.63, 3.8) is 0 Å². The lowest BCUT2D eigenvalue weighted by molar-refractivity contribution is -0.136. The minimum atomic E-state index is -0.947. The van der Waals surface area contributed by atoms with Crippen LogP contribution in [0.15, 0.2) is 41.7 Å². The maximum Gasteiger partial charge on any atom is 0.262 e. The van der Waals surface area contributed by atoms with Gasteiger partial charge >= 0.3 is 0 Å². The van der Waals surface area contributed by atoms with Crippen molar-refractivity contribution in [2.45, 2.75) is 63.7 Å². The molecule has 4 heterocycles. The lowest BCUT2D eigenvalue weighted by Gasteiger charge is -2.54. The highest BCUT2D eigenvalue weighted by atomic mass is 16.2. The summed E-state index contributed by atoms with van der Waals surface area (Å²) in [5.41, 5.74) is 9.82. The van der Waals surface area contributed by atoms with Crippen molar-refractivity contribution in [1.29, 1.82) is 0 Å². The predicted octanol–water partition coefficient (Wildman–Crippen LogP) is 1.19. The van der Waals surface area contributed by atoms with Crippen molar-refractivity contribution in [3.05, 3.63) is 52.9 Å². The Kier molecular flexibility index (Phi) is 6.02. The second kappa shape index (κ2) is 9.27. The molecule has 3 fully saturated rings. The monoisotopic (exact) mass is 518 g/mol. The fourth-order valence-corrected chi connectivity index (χ4v) is 6.64. The molecule has 10 heteroatoms. The first-order valence-corrected chi connectivity index (χ1v) is 13.5. The van der Waals surface area contributed by atoms with E-state index in [0.717, 1.165) is 55.3 Å². The summed E-state index contributed by atoms with van der Waals surface area (Å²) in [5.74, 6) is -1.91. The van der Waals surface area contributed by atoms with Gasteiger partial charge in [-0.1, -0.05) is 0 Å². The van der Waals surface area contributed by atoms with Gasteiger partial charge < -0.3 is 15.5 Å². The highest BCUT2D eigenvalue weighted by Gasteiger charge is 2.45. The highest BCUT2D eigenvalue weighted by molar-refractivity contribution is 6.23. The second-order valence-corrected chi connectivity index (χ2v) is 11.2. The number of carbonyl (C=O) groups is 4. The Labute approximate surface area is 222 Å². The Morgan fingerprint density at radius 2 is 1.58 bits per heavy atom. The third kappa shape index (κ3) is 4.07. The quantitative estimate of drug-likeness (QED) is 0.571. The summed E-state index contributed by atoms with van der Waals surface area (Å²) < 4.78 is 0. The zero-order valence-electron chi connectivity index (χ0n) is 21.9. The fraction of sp³-hybridized carbons (Fsp3) is 0.500. The Morgan fingerprint density at radius 1 is 0.868 bits per heavy atom.